The van der Waals surface area contributed by atoms with Crippen molar-refractivity contribution in [2.45, 2.75) is 6.43 Å². The number of alkyl halides is 2. The lowest BCUT2D eigenvalue weighted by molar-refractivity contribution is -0.129. The topological polar surface area (TPSA) is 93.7 Å². The molecule has 0 saturated carbocycles. The highest BCUT2D eigenvalue weighted by molar-refractivity contribution is 6.64. The molecule has 0 saturated heterocycles. The van der Waals surface area contributed by atoms with E-state index in [1.165, 1.54) is 0 Å². The number of nitrogens with zero attached hydrogens (tertiary/aromatic N) is 1. The predicted octanol–water partition coefficient (Wildman–Crippen LogP) is 0.186. The molecule has 3 N–H and O–H groups in total. The van der Waals surface area contributed by atoms with Gasteiger partial charge in [-0.25, -0.2) is 13.6 Å². The number of hydrogen-bond donors (Lipinski definition) is 3. The zero-order chi connectivity index (χ0) is 9.02. The molecule has 0 aromatic carbocycles. The predicted molar refractivity (Wildman–Crippen MR) is 30.6 cm³/mol. The van der Waals surface area contributed by atoms with Gasteiger partial charge in [-0.05, 0) is 0 Å². The van der Waals surface area contributed by atoms with Crippen molar-refractivity contribution in [2.24, 2.45) is 5.16 Å². The largest absolute Gasteiger partial charge is 0.476 e. The van der Waals surface area contributed by atoms with Gasteiger partial charge in [0.15, 0.2) is 11.4 Å². The lowest BCUT2D eigenvalue weighted by Gasteiger charge is -1.98. The third-order valence-electron chi connectivity index (χ3n) is 0.784. The fourth-order valence-corrected chi connectivity index (χ4v) is 0.312. The quantitative estimate of drug-likeness (QED) is 0.317. The van der Waals surface area contributed by atoms with Crippen LogP contribution in [-0.4, -0.2) is 34.1 Å². The number of aliphatic carboxylic acids is 1. The molecule has 0 amide bonds. The summed E-state index contributed by atoms with van der Waals surface area (Å²) in [5, 5.41) is 24.2. The van der Waals surface area contributed by atoms with E-state index in [0.717, 1.165) is 0 Å². The molecule has 0 aromatic heterocycles. The fraction of sp³-hybridized carbons (Fsp3) is 0.250. The Bertz CT molecular complexity index is 213. The maximum absolute atomic E-state index is 11.6. The summed E-state index contributed by atoms with van der Waals surface area (Å²) < 4.78 is 23.2. The van der Waals surface area contributed by atoms with Crippen LogP contribution in [0.5, 0.6) is 0 Å². The molecule has 0 aliphatic carbocycles. The Labute approximate surface area is 59.4 Å². The van der Waals surface area contributed by atoms with E-state index in [0.29, 0.717) is 0 Å². The molecule has 0 atom stereocenters. The maximum atomic E-state index is 11.6. The minimum atomic E-state index is -3.26. The minimum Gasteiger partial charge on any atom is -0.476 e. The molecule has 0 spiro atoms. The van der Waals surface area contributed by atoms with Gasteiger partial charge in [-0.15, -0.1) is 0 Å². The average molecular weight is 166 g/mol. The van der Waals surface area contributed by atoms with E-state index in [4.69, 9.17) is 15.7 Å². The van der Waals surface area contributed by atoms with Crippen molar-refractivity contribution in [3.8, 4) is 0 Å². The van der Waals surface area contributed by atoms with Crippen molar-refractivity contribution < 1.29 is 23.9 Å². The highest BCUT2D eigenvalue weighted by Crippen LogP contribution is 1.97. The Morgan fingerprint density at radius 3 is 2.09 bits per heavy atom. The summed E-state index contributed by atoms with van der Waals surface area (Å²) in [6, 6.07) is 0. The smallest absolute Gasteiger partial charge is 0.356 e. The summed E-state index contributed by atoms with van der Waals surface area (Å²) >= 11 is 0. The molecule has 0 aliphatic rings. The van der Waals surface area contributed by atoms with E-state index in [-0.39, 0.29) is 0 Å². The van der Waals surface area contributed by atoms with Crippen LogP contribution in [-0.2, 0) is 4.79 Å². The molecule has 62 valence electrons. The molecule has 0 rings (SSSR count). The molecule has 11 heavy (non-hydrogen) atoms. The second-order valence-electron chi connectivity index (χ2n) is 1.47. The van der Waals surface area contributed by atoms with Gasteiger partial charge in [-0.2, -0.15) is 0 Å². The maximum Gasteiger partial charge on any atom is 0.356 e. The van der Waals surface area contributed by atoms with Crippen molar-refractivity contribution >= 4 is 17.4 Å². The lowest BCUT2D eigenvalue weighted by atomic mass is 10.2. The van der Waals surface area contributed by atoms with Crippen LogP contribution in [0.3, 0.4) is 0 Å². The van der Waals surface area contributed by atoms with Gasteiger partial charge in [0.05, 0.1) is 0 Å². The molecule has 7 heteroatoms. The molecule has 5 nitrogen and oxygen atoms in total. The number of carbonyl (C=O) groups is 1. The minimum absolute atomic E-state index is 1.41. The summed E-state index contributed by atoms with van der Waals surface area (Å²) in [7, 11) is 0. The second-order valence-corrected chi connectivity index (χ2v) is 1.47. The van der Waals surface area contributed by atoms with Crippen LogP contribution in [0.25, 0.3) is 0 Å². The molecule has 0 aliphatic heterocycles. The molecule has 0 unspecified atom stereocenters. The summed E-state index contributed by atoms with van der Waals surface area (Å²) in [5.74, 6) is -1.86. The van der Waals surface area contributed by atoms with Gasteiger partial charge in [0.1, 0.15) is 0 Å². The summed E-state index contributed by atoms with van der Waals surface area (Å²) in [4.78, 5) is 9.85. The zero-order valence-corrected chi connectivity index (χ0v) is 5.08. The SMILES string of the molecule is N=C(C(=O)O)/C(=N\O)C(F)F. The van der Waals surface area contributed by atoms with E-state index in [9.17, 15) is 13.6 Å². The number of nitrogens with one attached hydrogen (secondary N) is 1. The first-order valence-corrected chi connectivity index (χ1v) is 2.33. The van der Waals surface area contributed by atoms with Crippen molar-refractivity contribution in [1.29, 1.82) is 5.41 Å². The van der Waals surface area contributed by atoms with Crippen LogP contribution in [0.15, 0.2) is 5.16 Å². The fourth-order valence-electron chi connectivity index (χ4n) is 0.312. The van der Waals surface area contributed by atoms with Crippen LogP contribution in [0.1, 0.15) is 0 Å². The van der Waals surface area contributed by atoms with Crippen molar-refractivity contribution in [1.82, 2.24) is 0 Å². The standard InChI is InChI=1S/C4H4F2N2O3/c5-3(6)2(8-11)1(7)4(9)10/h3,7,11H,(H,9,10)/b7-1?,8-2+. The van der Waals surface area contributed by atoms with Gasteiger partial charge in [0, 0.05) is 0 Å². The number of carboxylic acids is 1. The normalized spacial score (nSPS) is 11.7. The number of oxime groups is 1. The summed E-state index contributed by atoms with van der Waals surface area (Å²) in [6.07, 6.45) is -3.26. The van der Waals surface area contributed by atoms with E-state index >= 15 is 0 Å². The lowest BCUT2D eigenvalue weighted by Crippen LogP contribution is -2.28. The van der Waals surface area contributed by atoms with Gasteiger partial charge in [0.2, 0.25) is 0 Å². The Hall–Kier alpha value is -1.53. The molecule has 0 bridgehead atoms. The van der Waals surface area contributed by atoms with Crippen LogP contribution in [0.4, 0.5) is 8.78 Å². The van der Waals surface area contributed by atoms with Crippen molar-refractivity contribution in [3.63, 3.8) is 0 Å². The first-order chi connectivity index (χ1) is 5.00. The van der Waals surface area contributed by atoms with Crippen LogP contribution in [0, 0.1) is 5.41 Å². The Morgan fingerprint density at radius 2 is 2.00 bits per heavy atom. The van der Waals surface area contributed by atoms with Crippen LogP contribution < -0.4 is 0 Å². The molecular formula is C4H4F2N2O3. The first-order valence-electron chi connectivity index (χ1n) is 2.33. The van der Waals surface area contributed by atoms with E-state index in [1.54, 1.807) is 0 Å². The Kier molecular flexibility index (Phi) is 3.09. The van der Waals surface area contributed by atoms with Gasteiger partial charge < -0.3 is 10.3 Å². The monoisotopic (exact) mass is 166 g/mol. The van der Waals surface area contributed by atoms with Gasteiger partial charge >= 0.3 is 5.97 Å². The number of hydrogen-bond acceptors (Lipinski definition) is 4. The third-order valence-corrected chi connectivity index (χ3v) is 0.784. The van der Waals surface area contributed by atoms with E-state index in [2.05, 4.69) is 0 Å². The van der Waals surface area contributed by atoms with Gasteiger partial charge in [-0.3, -0.25) is 5.41 Å². The third kappa shape index (κ3) is 2.28. The van der Waals surface area contributed by atoms with Crippen LogP contribution >= 0.6 is 0 Å². The van der Waals surface area contributed by atoms with Crippen LogP contribution in [0.2, 0.25) is 0 Å². The van der Waals surface area contributed by atoms with Crippen molar-refractivity contribution in [3.05, 3.63) is 0 Å². The van der Waals surface area contributed by atoms with E-state index < -0.39 is 23.8 Å². The Balaban J connectivity index is 4.55. The second kappa shape index (κ2) is 3.59. The average Bonchev–Trinajstić information content (AvgIpc) is 1.88. The zero-order valence-electron chi connectivity index (χ0n) is 5.08. The van der Waals surface area contributed by atoms with E-state index in [1.807, 2.05) is 5.16 Å². The summed E-state index contributed by atoms with van der Waals surface area (Å²) in [5.41, 5.74) is -2.86. The van der Waals surface area contributed by atoms with Gasteiger partial charge in [0.25, 0.3) is 6.43 Å². The number of halogens is 2. The molecule has 0 heterocycles. The molecular weight excluding hydrogens is 162 g/mol. The number of rotatable bonds is 3. The summed E-state index contributed by atoms with van der Waals surface area (Å²) in [6.45, 7) is 0. The molecule has 0 radical (unpaired) electrons. The molecule has 0 fully saturated rings. The Morgan fingerprint density at radius 1 is 1.55 bits per heavy atom. The van der Waals surface area contributed by atoms with Gasteiger partial charge in [-0.1, -0.05) is 5.16 Å². The first kappa shape index (κ1) is 9.47. The van der Waals surface area contributed by atoms with Crippen molar-refractivity contribution in [2.75, 3.05) is 0 Å². The highest BCUT2D eigenvalue weighted by Gasteiger charge is 2.24. The number of carboxylic acid groups (broad SMARTS) is 1. The molecule has 0 aromatic rings. The highest BCUT2D eigenvalue weighted by atomic mass is 19.3.